The quantitative estimate of drug-likeness (QED) is 0.644. The van der Waals surface area contributed by atoms with Crippen LogP contribution in [0.15, 0.2) is 24.3 Å². The molecule has 0 aromatic heterocycles. The van der Waals surface area contributed by atoms with Gasteiger partial charge in [0.15, 0.2) is 0 Å². The van der Waals surface area contributed by atoms with Gasteiger partial charge in [-0.3, -0.25) is 14.9 Å². The number of nitro groups is 1. The number of benzene rings is 1. The van der Waals surface area contributed by atoms with Crippen molar-refractivity contribution < 1.29 is 9.72 Å². The van der Waals surface area contributed by atoms with E-state index in [0.717, 1.165) is 38.4 Å². The van der Waals surface area contributed by atoms with Crippen LogP contribution in [0.2, 0.25) is 0 Å². The Morgan fingerprint density at radius 1 is 1.22 bits per heavy atom. The molecule has 0 atom stereocenters. The third-order valence-corrected chi connectivity index (χ3v) is 4.77. The van der Waals surface area contributed by atoms with E-state index in [1.54, 1.807) is 18.2 Å². The van der Waals surface area contributed by atoms with E-state index in [1.165, 1.54) is 18.9 Å². The van der Waals surface area contributed by atoms with Gasteiger partial charge >= 0.3 is 0 Å². The third-order valence-electron chi connectivity index (χ3n) is 4.77. The number of nitro benzene ring substituents is 1. The van der Waals surface area contributed by atoms with Crippen molar-refractivity contribution in [1.82, 2.24) is 10.2 Å². The lowest BCUT2D eigenvalue weighted by atomic mass is 10.0. The van der Waals surface area contributed by atoms with Gasteiger partial charge in [0.05, 0.1) is 11.3 Å². The summed E-state index contributed by atoms with van der Waals surface area (Å²) in [4.78, 5) is 24.9. The topological polar surface area (TPSA) is 75.5 Å². The molecule has 3 rings (SSSR count). The second-order valence-corrected chi connectivity index (χ2v) is 6.57. The van der Waals surface area contributed by atoms with Gasteiger partial charge in [0, 0.05) is 30.8 Å². The smallest absolute Gasteiger partial charge is 0.273 e. The highest BCUT2D eigenvalue weighted by atomic mass is 16.6. The van der Waals surface area contributed by atoms with Crippen LogP contribution in [0.5, 0.6) is 0 Å². The summed E-state index contributed by atoms with van der Waals surface area (Å²) in [6.45, 7) is 2.58. The van der Waals surface area contributed by atoms with Crippen molar-refractivity contribution in [1.29, 1.82) is 0 Å². The fourth-order valence-electron chi connectivity index (χ4n) is 3.10. The number of nitrogens with zero attached hydrogens (tertiary/aromatic N) is 2. The Morgan fingerprint density at radius 3 is 2.57 bits per heavy atom. The Labute approximate surface area is 136 Å². The number of hydrogen-bond acceptors (Lipinski definition) is 4. The molecule has 1 heterocycles. The fraction of sp³-hybridized carbons (Fsp3) is 0.588. The van der Waals surface area contributed by atoms with Crippen molar-refractivity contribution in [2.45, 2.75) is 38.1 Å². The van der Waals surface area contributed by atoms with Crippen molar-refractivity contribution in [2.24, 2.45) is 5.92 Å². The predicted molar refractivity (Wildman–Crippen MR) is 87.1 cm³/mol. The van der Waals surface area contributed by atoms with Gasteiger partial charge in [0.1, 0.15) is 0 Å². The fourth-order valence-corrected chi connectivity index (χ4v) is 3.10. The highest BCUT2D eigenvalue weighted by Crippen LogP contribution is 2.28. The van der Waals surface area contributed by atoms with E-state index in [9.17, 15) is 14.9 Å². The van der Waals surface area contributed by atoms with E-state index in [-0.39, 0.29) is 18.0 Å². The van der Waals surface area contributed by atoms with Crippen LogP contribution in [0, 0.1) is 16.0 Å². The maximum Gasteiger partial charge on any atom is 0.273 e. The summed E-state index contributed by atoms with van der Waals surface area (Å²) in [6.07, 6.45) is 4.74. The van der Waals surface area contributed by atoms with Crippen molar-refractivity contribution in [3.8, 4) is 0 Å². The summed E-state index contributed by atoms with van der Waals surface area (Å²) in [5.74, 6) is 0.855. The average Bonchev–Trinajstić information content (AvgIpc) is 3.38. The Kier molecular flexibility index (Phi) is 4.91. The molecule has 1 aliphatic carbocycles. The molecule has 2 fully saturated rings. The van der Waals surface area contributed by atoms with Crippen LogP contribution in [0.3, 0.4) is 0 Å². The largest absolute Gasteiger partial charge is 0.342 e. The highest BCUT2D eigenvalue weighted by molar-refractivity contribution is 5.80. The molecule has 0 unspecified atom stereocenters. The number of hydrogen-bond donors (Lipinski definition) is 1. The molecule has 1 aromatic rings. The van der Waals surface area contributed by atoms with Gasteiger partial charge < -0.3 is 10.2 Å². The summed E-state index contributed by atoms with van der Waals surface area (Å²) in [6, 6.07) is 6.99. The van der Waals surface area contributed by atoms with Gasteiger partial charge in [-0.2, -0.15) is 0 Å². The molecular weight excluding hydrogens is 294 g/mol. The average molecular weight is 317 g/mol. The van der Waals surface area contributed by atoms with Crippen molar-refractivity contribution in [2.75, 3.05) is 19.6 Å². The molecule has 1 amide bonds. The number of likely N-dealkylation sites (tertiary alicyclic amines) is 1. The van der Waals surface area contributed by atoms with Gasteiger partial charge in [-0.25, -0.2) is 0 Å². The Morgan fingerprint density at radius 2 is 1.91 bits per heavy atom. The minimum absolute atomic E-state index is 0.0139. The molecule has 0 bridgehead atoms. The van der Waals surface area contributed by atoms with Crippen molar-refractivity contribution >= 4 is 11.6 Å². The second kappa shape index (κ2) is 7.08. The van der Waals surface area contributed by atoms with Gasteiger partial charge in [-0.1, -0.05) is 18.2 Å². The van der Waals surface area contributed by atoms with Gasteiger partial charge in [0.25, 0.3) is 5.69 Å². The lowest BCUT2D eigenvalue weighted by Crippen LogP contribution is -2.45. The number of para-hydroxylation sites is 1. The summed E-state index contributed by atoms with van der Waals surface area (Å²) in [7, 11) is 0. The van der Waals surface area contributed by atoms with E-state index in [0.29, 0.717) is 11.6 Å². The summed E-state index contributed by atoms with van der Waals surface area (Å²) < 4.78 is 0. The van der Waals surface area contributed by atoms with E-state index in [2.05, 4.69) is 5.32 Å². The van der Waals surface area contributed by atoms with Gasteiger partial charge in [0.2, 0.25) is 5.91 Å². The SMILES string of the molecule is O=C(Cc1ccccc1[N+](=O)[O-])N1CCC(NCC2CC2)CC1. The Bertz CT molecular complexity index is 578. The van der Waals surface area contributed by atoms with Crippen LogP contribution >= 0.6 is 0 Å². The zero-order chi connectivity index (χ0) is 16.2. The molecule has 1 N–H and O–H groups in total. The van der Waals surface area contributed by atoms with E-state index < -0.39 is 4.92 Å². The first-order valence-electron chi connectivity index (χ1n) is 8.37. The number of piperidine rings is 1. The number of carbonyl (C=O) groups excluding carboxylic acids is 1. The van der Waals surface area contributed by atoms with Gasteiger partial charge in [-0.05, 0) is 38.1 Å². The number of amides is 1. The molecule has 6 nitrogen and oxygen atoms in total. The van der Waals surface area contributed by atoms with E-state index >= 15 is 0 Å². The third kappa shape index (κ3) is 4.28. The summed E-state index contributed by atoms with van der Waals surface area (Å²) in [5, 5.41) is 14.6. The van der Waals surface area contributed by atoms with Crippen molar-refractivity contribution in [3.05, 3.63) is 39.9 Å². The molecule has 1 aliphatic heterocycles. The Balaban J connectivity index is 1.50. The van der Waals surface area contributed by atoms with Crippen LogP contribution in [0.4, 0.5) is 5.69 Å². The maximum absolute atomic E-state index is 12.4. The van der Waals surface area contributed by atoms with Crippen LogP contribution in [-0.4, -0.2) is 41.4 Å². The number of nitrogens with one attached hydrogen (secondary N) is 1. The van der Waals surface area contributed by atoms with Crippen LogP contribution in [-0.2, 0) is 11.2 Å². The number of rotatable bonds is 6. The molecule has 0 radical (unpaired) electrons. The summed E-state index contributed by atoms with van der Waals surface area (Å²) in [5.41, 5.74) is 0.526. The first kappa shape index (κ1) is 15.9. The van der Waals surface area contributed by atoms with E-state index in [4.69, 9.17) is 0 Å². The highest BCUT2D eigenvalue weighted by Gasteiger charge is 2.26. The van der Waals surface area contributed by atoms with Crippen LogP contribution < -0.4 is 5.32 Å². The standard InChI is InChI=1S/C17H23N3O3/c21-17(11-14-3-1-2-4-16(14)20(22)23)19-9-7-15(8-10-19)18-12-13-5-6-13/h1-4,13,15,18H,5-12H2. The maximum atomic E-state index is 12.4. The predicted octanol–water partition coefficient (Wildman–Crippen LogP) is 2.13. The molecule has 23 heavy (non-hydrogen) atoms. The normalized spacial score (nSPS) is 18.9. The molecule has 1 saturated carbocycles. The summed E-state index contributed by atoms with van der Waals surface area (Å²) >= 11 is 0. The first-order valence-corrected chi connectivity index (χ1v) is 8.37. The zero-order valence-electron chi connectivity index (χ0n) is 13.2. The second-order valence-electron chi connectivity index (χ2n) is 6.57. The molecule has 1 saturated heterocycles. The Hall–Kier alpha value is -1.95. The molecule has 6 heteroatoms. The van der Waals surface area contributed by atoms with Crippen LogP contribution in [0.1, 0.15) is 31.2 Å². The molecule has 0 spiro atoms. The zero-order valence-corrected chi connectivity index (χ0v) is 13.2. The van der Waals surface area contributed by atoms with E-state index in [1.807, 2.05) is 4.90 Å². The van der Waals surface area contributed by atoms with Crippen LogP contribution in [0.25, 0.3) is 0 Å². The molecule has 2 aliphatic rings. The van der Waals surface area contributed by atoms with Crippen molar-refractivity contribution in [3.63, 3.8) is 0 Å². The minimum Gasteiger partial charge on any atom is -0.342 e. The molecular formula is C17H23N3O3. The lowest BCUT2D eigenvalue weighted by molar-refractivity contribution is -0.385. The monoisotopic (exact) mass is 317 g/mol. The first-order chi connectivity index (χ1) is 11.1. The van der Waals surface area contributed by atoms with Gasteiger partial charge in [-0.15, -0.1) is 0 Å². The lowest BCUT2D eigenvalue weighted by Gasteiger charge is -2.32. The number of carbonyl (C=O) groups is 1. The molecule has 124 valence electrons. The molecule has 1 aromatic carbocycles. The minimum atomic E-state index is -0.420.